The van der Waals surface area contributed by atoms with Crippen LogP contribution in [-0.2, 0) is 0 Å². The molecule has 2 aromatic heterocycles. The van der Waals surface area contributed by atoms with Crippen molar-refractivity contribution in [3.63, 3.8) is 0 Å². The first-order chi connectivity index (χ1) is 11.2. The molecule has 0 aliphatic carbocycles. The molecule has 4 aromatic rings. The van der Waals surface area contributed by atoms with Gasteiger partial charge in [-0.25, -0.2) is 4.98 Å². The van der Waals surface area contributed by atoms with Gasteiger partial charge in [0.1, 0.15) is 11.6 Å². The monoisotopic (exact) mass is 302 g/mol. The topological polar surface area (TPSA) is 41.8 Å². The highest BCUT2D eigenvalue weighted by Gasteiger charge is 2.08. The summed E-state index contributed by atoms with van der Waals surface area (Å²) in [4.78, 5) is 8.12. The minimum Gasteiger partial charge on any atom is -0.464 e. The smallest absolute Gasteiger partial charge is 0.138 e. The number of imidazole rings is 1. The lowest BCUT2D eigenvalue weighted by Crippen LogP contribution is -1.85. The Morgan fingerprint density at radius 1 is 0.957 bits per heavy atom. The maximum Gasteiger partial charge on any atom is 0.138 e. The van der Waals surface area contributed by atoms with Crippen LogP contribution in [-0.4, -0.2) is 9.97 Å². The van der Waals surface area contributed by atoms with E-state index in [4.69, 9.17) is 9.40 Å². The second-order valence-electron chi connectivity index (χ2n) is 6.07. The highest BCUT2D eigenvalue weighted by atomic mass is 16.3. The van der Waals surface area contributed by atoms with Crippen LogP contribution in [0.5, 0.6) is 0 Å². The van der Waals surface area contributed by atoms with E-state index in [-0.39, 0.29) is 0 Å². The molecule has 0 aliphatic heterocycles. The Hall–Kier alpha value is -2.81. The zero-order valence-corrected chi connectivity index (χ0v) is 13.2. The van der Waals surface area contributed by atoms with Gasteiger partial charge in [0.05, 0.1) is 17.3 Å². The predicted molar refractivity (Wildman–Crippen MR) is 93.3 cm³/mol. The zero-order chi connectivity index (χ0) is 15.8. The number of nitrogens with zero attached hydrogens (tertiary/aromatic N) is 1. The van der Waals surface area contributed by atoms with E-state index in [0.717, 1.165) is 33.7 Å². The Balaban J connectivity index is 1.71. The van der Waals surface area contributed by atoms with Crippen LogP contribution in [0.3, 0.4) is 0 Å². The third-order valence-corrected chi connectivity index (χ3v) is 4.14. The molecule has 1 N–H and O–H groups in total. The standard InChI is InChI=1S/C20H18N2O/c1-13(2)16-9-10-17-18(12-16)22-20(21-17)15-7-5-14(6-8-15)19-4-3-11-23-19/h3-13H,1-2H3,(H,21,22). The fourth-order valence-corrected chi connectivity index (χ4v) is 2.76. The summed E-state index contributed by atoms with van der Waals surface area (Å²) in [7, 11) is 0. The van der Waals surface area contributed by atoms with Gasteiger partial charge in [-0.3, -0.25) is 0 Å². The molecule has 2 heterocycles. The van der Waals surface area contributed by atoms with E-state index in [2.05, 4.69) is 61.3 Å². The van der Waals surface area contributed by atoms with Gasteiger partial charge in [0.2, 0.25) is 0 Å². The van der Waals surface area contributed by atoms with Crippen LogP contribution in [0.25, 0.3) is 33.7 Å². The van der Waals surface area contributed by atoms with Crippen molar-refractivity contribution >= 4 is 11.0 Å². The number of fused-ring (bicyclic) bond motifs is 1. The molecule has 0 saturated heterocycles. The molecule has 23 heavy (non-hydrogen) atoms. The second kappa shape index (κ2) is 5.43. The molecule has 0 radical (unpaired) electrons. The van der Waals surface area contributed by atoms with Crippen LogP contribution in [0.2, 0.25) is 0 Å². The van der Waals surface area contributed by atoms with Crippen LogP contribution in [0.4, 0.5) is 0 Å². The average molecular weight is 302 g/mol. The summed E-state index contributed by atoms with van der Waals surface area (Å²) in [5.74, 6) is 2.29. The number of H-pyrrole nitrogens is 1. The van der Waals surface area contributed by atoms with Crippen molar-refractivity contribution in [3.05, 3.63) is 66.4 Å². The fourth-order valence-electron chi connectivity index (χ4n) is 2.76. The van der Waals surface area contributed by atoms with E-state index < -0.39 is 0 Å². The first-order valence-corrected chi connectivity index (χ1v) is 7.85. The molecular weight excluding hydrogens is 284 g/mol. The molecule has 114 valence electrons. The molecule has 0 spiro atoms. The molecule has 0 fully saturated rings. The maximum absolute atomic E-state index is 5.43. The van der Waals surface area contributed by atoms with E-state index in [1.165, 1.54) is 5.56 Å². The van der Waals surface area contributed by atoms with Gasteiger partial charge < -0.3 is 9.40 Å². The van der Waals surface area contributed by atoms with Gasteiger partial charge in [0.25, 0.3) is 0 Å². The highest BCUT2D eigenvalue weighted by Crippen LogP contribution is 2.26. The molecule has 0 aliphatic rings. The van der Waals surface area contributed by atoms with Crippen LogP contribution in [0.1, 0.15) is 25.3 Å². The van der Waals surface area contributed by atoms with Crippen molar-refractivity contribution in [3.8, 4) is 22.7 Å². The summed E-state index contributed by atoms with van der Waals surface area (Å²) < 4.78 is 5.43. The van der Waals surface area contributed by atoms with Gasteiger partial charge in [-0.15, -0.1) is 0 Å². The van der Waals surface area contributed by atoms with E-state index in [1.807, 2.05) is 12.1 Å². The number of rotatable bonds is 3. The Morgan fingerprint density at radius 3 is 2.43 bits per heavy atom. The normalized spacial score (nSPS) is 11.4. The molecular formula is C20H18N2O. The Kier molecular flexibility index (Phi) is 3.27. The highest BCUT2D eigenvalue weighted by molar-refractivity contribution is 5.80. The van der Waals surface area contributed by atoms with Crippen molar-refractivity contribution in [1.82, 2.24) is 9.97 Å². The van der Waals surface area contributed by atoms with Crippen molar-refractivity contribution in [2.24, 2.45) is 0 Å². The number of hydrogen-bond acceptors (Lipinski definition) is 2. The first kappa shape index (κ1) is 13.8. The number of benzene rings is 2. The van der Waals surface area contributed by atoms with Crippen LogP contribution in [0.15, 0.2) is 65.3 Å². The summed E-state index contributed by atoms with van der Waals surface area (Å²) in [6.45, 7) is 4.40. The second-order valence-corrected chi connectivity index (χ2v) is 6.07. The number of aromatic amines is 1. The van der Waals surface area contributed by atoms with Crippen LogP contribution >= 0.6 is 0 Å². The van der Waals surface area contributed by atoms with Gasteiger partial charge in [-0.2, -0.15) is 0 Å². The van der Waals surface area contributed by atoms with Crippen molar-refractivity contribution in [2.75, 3.05) is 0 Å². The van der Waals surface area contributed by atoms with E-state index in [1.54, 1.807) is 6.26 Å². The van der Waals surface area contributed by atoms with Gasteiger partial charge in [-0.05, 0) is 35.7 Å². The Morgan fingerprint density at radius 2 is 1.74 bits per heavy atom. The molecule has 0 saturated carbocycles. The summed E-state index contributed by atoms with van der Waals surface area (Å²) >= 11 is 0. The largest absolute Gasteiger partial charge is 0.464 e. The lowest BCUT2D eigenvalue weighted by atomic mass is 10.0. The molecule has 2 aromatic carbocycles. The van der Waals surface area contributed by atoms with Gasteiger partial charge in [-0.1, -0.05) is 44.2 Å². The van der Waals surface area contributed by atoms with Gasteiger partial charge >= 0.3 is 0 Å². The Labute approximate surface area is 135 Å². The average Bonchev–Trinajstić information content (AvgIpc) is 3.23. The molecule has 0 amide bonds. The molecule has 0 atom stereocenters. The summed E-state index contributed by atoms with van der Waals surface area (Å²) in [6.07, 6.45) is 1.69. The molecule has 0 bridgehead atoms. The summed E-state index contributed by atoms with van der Waals surface area (Å²) in [5.41, 5.74) is 5.54. The number of furan rings is 1. The van der Waals surface area contributed by atoms with Gasteiger partial charge in [0.15, 0.2) is 0 Å². The van der Waals surface area contributed by atoms with Crippen molar-refractivity contribution in [2.45, 2.75) is 19.8 Å². The number of nitrogens with one attached hydrogen (secondary N) is 1. The molecule has 3 nitrogen and oxygen atoms in total. The molecule has 0 unspecified atom stereocenters. The van der Waals surface area contributed by atoms with E-state index >= 15 is 0 Å². The van der Waals surface area contributed by atoms with Gasteiger partial charge in [0, 0.05) is 11.1 Å². The summed E-state index contributed by atoms with van der Waals surface area (Å²) in [5, 5.41) is 0. The maximum atomic E-state index is 5.43. The van der Waals surface area contributed by atoms with Crippen molar-refractivity contribution in [1.29, 1.82) is 0 Å². The number of hydrogen-bond donors (Lipinski definition) is 1. The molecule has 3 heteroatoms. The summed E-state index contributed by atoms with van der Waals surface area (Å²) in [6, 6.07) is 18.5. The minimum atomic E-state index is 0.513. The van der Waals surface area contributed by atoms with E-state index in [9.17, 15) is 0 Å². The quantitative estimate of drug-likeness (QED) is 0.534. The van der Waals surface area contributed by atoms with E-state index in [0.29, 0.717) is 5.92 Å². The first-order valence-electron chi connectivity index (χ1n) is 7.85. The van der Waals surface area contributed by atoms with Crippen LogP contribution < -0.4 is 0 Å². The third kappa shape index (κ3) is 2.55. The SMILES string of the molecule is CC(C)c1ccc2nc(-c3ccc(-c4ccco4)cc3)[nH]c2c1. The lowest BCUT2D eigenvalue weighted by molar-refractivity contribution is 0.582. The molecule has 4 rings (SSSR count). The zero-order valence-electron chi connectivity index (χ0n) is 13.2. The van der Waals surface area contributed by atoms with Crippen LogP contribution in [0, 0.1) is 0 Å². The fraction of sp³-hybridized carbons (Fsp3) is 0.150. The third-order valence-electron chi connectivity index (χ3n) is 4.14. The predicted octanol–water partition coefficient (Wildman–Crippen LogP) is 5.61. The lowest BCUT2D eigenvalue weighted by Gasteiger charge is -2.03. The Bertz CT molecular complexity index is 932. The minimum absolute atomic E-state index is 0.513. The van der Waals surface area contributed by atoms with Crippen molar-refractivity contribution < 1.29 is 4.42 Å². The number of aromatic nitrogens is 2.